The monoisotopic (exact) mass is 418 g/mol. The number of aromatic nitrogens is 1. The van der Waals surface area contributed by atoms with Crippen molar-refractivity contribution in [3.05, 3.63) is 96.4 Å². The molecule has 5 nitrogen and oxygen atoms in total. The summed E-state index contributed by atoms with van der Waals surface area (Å²) in [5.74, 6) is -2.32. The highest BCUT2D eigenvalue weighted by molar-refractivity contribution is 7.07. The number of rotatable bonds is 2. The first-order valence-electron chi connectivity index (χ1n) is 8.75. The molecule has 3 aromatic rings. The lowest BCUT2D eigenvalue weighted by Crippen LogP contribution is -2.38. The van der Waals surface area contributed by atoms with Crippen molar-refractivity contribution in [2.45, 2.75) is 5.92 Å². The zero-order valence-electron chi connectivity index (χ0n) is 15.3. The summed E-state index contributed by atoms with van der Waals surface area (Å²) < 4.78 is 29.9. The summed E-state index contributed by atoms with van der Waals surface area (Å²) in [5.41, 5.74) is 5.79. The SMILES string of the molecule is N#CC1=C(N)n2c(s/c(=C/c3ccccc3F)c2=O)=C(C#N)C1c1ccccc1F. The Bertz CT molecular complexity index is 1480. The van der Waals surface area contributed by atoms with Crippen LogP contribution in [0.1, 0.15) is 17.0 Å². The maximum absolute atomic E-state index is 14.5. The molecule has 1 atom stereocenters. The van der Waals surface area contributed by atoms with E-state index in [9.17, 15) is 24.1 Å². The van der Waals surface area contributed by atoms with E-state index in [1.807, 2.05) is 12.1 Å². The second-order valence-corrected chi connectivity index (χ2v) is 7.50. The highest BCUT2D eigenvalue weighted by atomic mass is 32.1. The van der Waals surface area contributed by atoms with Crippen molar-refractivity contribution in [1.29, 1.82) is 10.5 Å². The van der Waals surface area contributed by atoms with Gasteiger partial charge in [0.15, 0.2) is 0 Å². The average molecular weight is 418 g/mol. The van der Waals surface area contributed by atoms with Gasteiger partial charge in [-0.1, -0.05) is 36.4 Å². The van der Waals surface area contributed by atoms with Crippen molar-refractivity contribution in [2.24, 2.45) is 5.73 Å². The Morgan fingerprint density at radius 2 is 1.63 bits per heavy atom. The lowest BCUT2D eigenvalue weighted by molar-refractivity contribution is 0.609. The number of nitrogens with two attached hydrogens (primary N) is 1. The van der Waals surface area contributed by atoms with Crippen LogP contribution in [0.4, 0.5) is 8.78 Å². The standard InChI is InChI=1S/C22H12F2N4OS/c23-16-7-3-1-5-12(16)9-18-21(29)28-20(27)14(10-25)19(15(11-26)22(28)30-18)13-6-2-4-8-17(13)24/h1-9,19H,27H2/b18-9+. The fourth-order valence-electron chi connectivity index (χ4n) is 3.41. The molecule has 30 heavy (non-hydrogen) atoms. The molecular weight excluding hydrogens is 406 g/mol. The molecule has 146 valence electrons. The number of allylic oxidation sites excluding steroid dienone is 1. The van der Waals surface area contributed by atoms with Crippen LogP contribution in [0, 0.1) is 34.3 Å². The van der Waals surface area contributed by atoms with Crippen molar-refractivity contribution < 1.29 is 8.78 Å². The predicted octanol–water partition coefficient (Wildman–Crippen LogP) is 2.14. The van der Waals surface area contributed by atoms with E-state index in [4.69, 9.17) is 5.73 Å². The van der Waals surface area contributed by atoms with Crippen LogP contribution in [-0.4, -0.2) is 4.57 Å². The van der Waals surface area contributed by atoms with Crippen molar-refractivity contribution in [3.63, 3.8) is 0 Å². The summed E-state index contributed by atoms with van der Waals surface area (Å²) in [4.78, 5) is 13.0. The molecule has 0 amide bonds. The van der Waals surface area contributed by atoms with Crippen molar-refractivity contribution in [1.82, 2.24) is 4.57 Å². The van der Waals surface area contributed by atoms with Gasteiger partial charge in [0.2, 0.25) is 0 Å². The van der Waals surface area contributed by atoms with Crippen LogP contribution in [0.2, 0.25) is 0 Å². The number of benzene rings is 2. The molecule has 4 rings (SSSR count). The molecule has 0 spiro atoms. The highest BCUT2D eigenvalue weighted by Gasteiger charge is 2.33. The third-order valence-electron chi connectivity index (χ3n) is 4.80. The first kappa shape index (κ1) is 19.3. The Hall–Kier alpha value is -4.01. The third kappa shape index (κ3) is 2.91. The van der Waals surface area contributed by atoms with Crippen molar-refractivity contribution >= 4 is 28.8 Å². The molecule has 1 aromatic heterocycles. The molecule has 2 aromatic carbocycles. The van der Waals surface area contributed by atoms with Gasteiger partial charge in [-0.25, -0.2) is 8.78 Å². The highest BCUT2D eigenvalue weighted by Crippen LogP contribution is 2.36. The van der Waals surface area contributed by atoms with Gasteiger partial charge < -0.3 is 5.73 Å². The first-order valence-corrected chi connectivity index (χ1v) is 9.56. The topological polar surface area (TPSA) is 95.6 Å². The Kier molecular flexibility index (Phi) is 4.78. The number of hydrogen-bond acceptors (Lipinski definition) is 5. The molecular formula is C22H12F2N4OS. The number of nitriles is 2. The zero-order valence-corrected chi connectivity index (χ0v) is 16.1. The summed E-state index contributed by atoms with van der Waals surface area (Å²) in [5, 5.41) is 19.5. The Morgan fingerprint density at radius 1 is 1.00 bits per heavy atom. The van der Waals surface area contributed by atoms with E-state index >= 15 is 0 Å². The van der Waals surface area contributed by atoms with E-state index in [1.165, 1.54) is 42.5 Å². The van der Waals surface area contributed by atoms with Gasteiger partial charge in [0.05, 0.1) is 33.7 Å². The van der Waals surface area contributed by atoms with Crippen LogP contribution < -0.4 is 20.5 Å². The molecule has 1 aliphatic rings. The molecule has 0 radical (unpaired) electrons. The van der Waals surface area contributed by atoms with E-state index in [-0.39, 0.29) is 37.3 Å². The Balaban J connectivity index is 2.10. The molecule has 1 unspecified atom stereocenters. The minimum absolute atomic E-state index is 0.0288. The summed E-state index contributed by atoms with van der Waals surface area (Å²) in [7, 11) is 0. The van der Waals surface area contributed by atoms with E-state index in [2.05, 4.69) is 0 Å². The van der Waals surface area contributed by atoms with Gasteiger partial charge in [-0.2, -0.15) is 10.5 Å². The van der Waals surface area contributed by atoms with Gasteiger partial charge in [-0.05, 0) is 18.2 Å². The van der Waals surface area contributed by atoms with E-state index in [0.717, 1.165) is 15.9 Å². The maximum atomic E-state index is 14.5. The molecule has 2 heterocycles. The number of thiazole rings is 1. The van der Waals surface area contributed by atoms with Crippen LogP contribution in [0.25, 0.3) is 17.5 Å². The number of halogens is 2. The number of hydrogen-bond donors (Lipinski definition) is 1. The zero-order chi connectivity index (χ0) is 21.4. The minimum atomic E-state index is -1.04. The third-order valence-corrected chi connectivity index (χ3v) is 5.91. The predicted molar refractivity (Wildman–Crippen MR) is 109 cm³/mol. The fraction of sp³-hybridized carbons (Fsp3) is 0.0455. The van der Waals surface area contributed by atoms with Crippen LogP contribution in [0.3, 0.4) is 0 Å². The number of fused-ring (bicyclic) bond motifs is 1. The Labute approximate surface area is 173 Å². The molecule has 0 aliphatic carbocycles. The molecule has 0 fully saturated rings. The van der Waals surface area contributed by atoms with Crippen LogP contribution in [0.15, 0.2) is 58.9 Å². The average Bonchev–Trinajstić information content (AvgIpc) is 3.06. The largest absolute Gasteiger partial charge is 0.384 e. The molecule has 2 N–H and O–H groups in total. The van der Waals surface area contributed by atoms with Gasteiger partial charge in [0.1, 0.15) is 22.1 Å². The minimum Gasteiger partial charge on any atom is -0.384 e. The summed E-state index contributed by atoms with van der Waals surface area (Å²) in [6, 6.07) is 15.6. The quantitative estimate of drug-likeness (QED) is 0.690. The maximum Gasteiger partial charge on any atom is 0.274 e. The van der Waals surface area contributed by atoms with E-state index in [0.29, 0.717) is 0 Å². The smallest absolute Gasteiger partial charge is 0.274 e. The molecule has 0 saturated heterocycles. The van der Waals surface area contributed by atoms with Crippen molar-refractivity contribution in [2.75, 3.05) is 0 Å². The van der Waals surface area contributed by atoms with Crippen molar-refractivity contribution in [3.8, 4) is 12.1 Å². The second-order valence-electron chi connectivity index (χ2n) is 6.47. The van der Waals surface area contributed by atoms with Crippen LogP contribution >= 0.6 is 11.3 Å². The first-order chi connectivity index (χ1) is 14.5. The van der Waals surface area contributed by atoms with Crippen LogP contribution in [-0.2, 0) is 0 Å². The van der Waals surface area contributed by atoms with Gasteiger partial charge in [0, 0.05) is 11.1 Å². The molecule has 0 bridgehead atoms. The fourth-order valence-corrected chi connectivity index (χ4v) is 4.52. The molecule has 1 aliphatic heterocycles. The normalized spacial score (nSPS) is 16.2. The Morgan fingerprint density at radius 3 is 2.27 bits per heavy atom. The summed E-state index contributed by atoms with van der Waals surface area (Å²) >= 11 is 0.941. The van der Waals surface area contributed by atoms with Gasteiger partial charge in [-0.15, -0.1) is 11.3 Å². The van der Waals surface area contributed by atoms with Crippen LogP contribution in [0.5, 0.6) is 0 Å². The van der Waals surface area contributed by atoms with E-state index in [1.54, 1.807) is 12.1 Å². The van der Waals surface area contributed by atoms with E-state index < -0.39 is 23.1 Å². The van der Waals surface area contributed by atoms with Gasteiger partial charge >= 0.3 is 0 Å². The number of nitrogens with zero attached hydrogens (tertiary/aromatic N) is 3. The lowest BCUT2D eigenvalue weighted by Gasteiger charge is -2.22. The molecule has 8 heteroatoms. The summed E-state index contributed by atoms with van der Waals surface area (Å²) in [6.45, 7) is 0. The lowest BCUT2D eigenvalue weighted by atomic mass is 9.84. The summed E-state index contributed by atoms with van der Waals surface area (Å²) in [6.07, 6.45) is 1.36. The van der Waals surface area contributed by atoms with Gasteiger partial charge in [-0.3, -0.25) is 9.36 Å². The second kappa shape index (κ2) is 7.43. The van der Waals surface area contributed by atoms with Gasteiger partial charge in [0.25, 0.3) is 5.56 Å². The molecule has 0 saturated carbocycles.